The first-order valence-corrected chi connectivity index (χ1v) is 7.06. The molecule has 2 heterocycles. The Morgan fingerprint density at radius 1 is 1.04 bits per heavy atom. The summed E-state index contributed by atoms with van der Waals surface area (Å²) in [5.74, 6) is -2.19. The van der Waals surface area contributed by atoms with Crippen molar-refractivity contribution in [3.8, 4) is 5.75 Å². The van der Waals surface area contributed by atoms with Gasteiger partial charge in [-0.2, -0.15) is 0 Å². The van der Waals surface area contributed by atoms with E-state index >= 15 is 0 Å². The quantitative estimate of drug-likeness (QED) is 0.798. The summed E-state index contributed by atoms with van der Waals surface area (Å²) >= 11 is 0. The molecular weight excluding hydrogens is 296 g/mol. The Labute approximate surface area is 132 Å². The van der Waals surface area contributed by atoms with Crippen LogP contribution in [0.1, 0.15) is 21.5 Å². The van der Waals surface area contributed by atoms with Gasteiger partial charge >= 0.3 is 11.8 Å². The summed E-state index contributed by atoms with van der Waals surface area (Å²) in [4.78, 5) is 25.0. The molecule has 5 nitrogen and oxygen atoms in total. The number of Topliss-reactive ketones (excluding diaryl/α,β-unsaturated/α-hetero) is 1. The average Bonchev–Trinajstić information content (AvgIpc) is 3.07. The molecule has 0 radical (unpaired) electrons. The second kappa shape index (κ2) is 4.71. The van der Waals surface area contributed by atoms with Gasteiger partial charge in [-0.1, -0.05) is 30.3 Å². The molecule has 0 N–H and O–H groups in total. The molecule has 2 aliphatic rings. The Kier molecular flexibility index (Phi) is 2.78. The van der Waals surface area contributed by atoms with Crippen molar-refractivity contribution < 1.29 is 23.8 Å². The normalized spacial score (nSPS) is 21.7. The molecule has 23 heavy (non-hydrogen) atoms. The van der Waals surface area contributed by atoms with Crippen molar-refractivity contribution in [2.45, 2.75) is 5.79 Å². The van der Waals surface area contributed by atoms with E-state index in [4.69, 9.17) is 14.2 Å². The molecule has 0 saturated heterocycles. The first kappa shape index (κ1) is 13.6. The van der Waals surface area contributed by atoms with Gasteiger partial charge in [-0.05, 0) is 23.8 Å². The molecule has 0 bridgehead atoms. The van der Waals surface area contributed by atoms with Crippen LogP contribution in [0.3, 0.4) is 0 Å². The zero-order valence-corrected chi connectivity index (χ0v) is 12.2. The lowest BCUT2D eigenvalue weighted by Crippen LogP contribution is -2.34. The number of rotatable bonds is 2. The van der Waals surface area contributed by atoms with E-state index in [2.05, 4.69) is 0 Å². The number of ketones is 1. The van der Waals surface area contributed by atoms with Crippen LogP contribution in [0.15, 0.2) is 54.8 Å². The maximum Gasteiger partial charge on any atom is 0.347 e. The van der Waals surface area contributed by atoms with Gasteiger partial charge in [0, 0.05) is 0 Å². The lowest BCUT2D eigenvalue weighted by atomic mass is 9.93. The van der Waals surface area contributed by atoms with Crippen LogP contribution in [-0.4, -0.2) is 18.9 Å². The lowest BCUT2D eigenvalue weighted by Gasteiger charge is -2.21. The maximum atomic E-state index is 12.9. The zero-order valence-electron chi connectivity index (χ0n) is 12.2. The van der Waals surface area contributed by atoms with Gasteiger partial charge in [0.05, 0.1) is 23.8 Å². The molecule has 0 saturated carbocycles. The SMILES string of the molecule is COc1ccc2c(c1)C(=O)OC21OC=C(c2ccccc2)C1=O. The summed E-state index contributed by atoms with van der Waals surface area (Å²) in [7, 11) is 1.50. The topological polar surface area (TPSA) is 61.8 Å². The number of carbonyl (C=O) groups excluding carboxylic acids is 2. The third-order valence-corrected chi connectivity index (χ3v) is 4.01. The smallest absolute Gasteiger partial charge is 0.347 e. The Morgan fingerprint density at radius 2 is 1.83 bits per heavy atom. The molecular formula is C18H12O5. The number of carbonyl (C=O) groups is 2. The minimum Gasteiger partial charge on any atom is -0.497 e. The molecule has 1 atom stereocenters. The van der Waals surface area contributed by atoms with Crippen LogP contribution in [0.5, 0.6) is 5.75 Å². The first-order valence-electron chi connectivity index (χ1n) is 7.06. The number of esters is 1. The zero-order chi connectivity index (χ0) is 16.0. The van der Waals surface area contributed by atoms with Crippen molar-refractivity contribution in [1.82, 2.24) is 0 Å². The number of benzene rings is 2. The summed E-state index contributed by atoms with van der Waals surface area (Å²) in [5, 5.41) is 0. The fourth-order valence-electron chi connectivity index (χ4n) is 2.85. The van der Waals surface area contributed by atoms with Crippen LogP contribution in [0, 0.1) is 0 Å². The molecule has 1 unspecified atom stereocenters. The van der Waals surface area contributed by atoms with Crippen LogP contribution in [0.25, 0.3) is 5.57 Å². The average molecular weight is 308 g/mol. The van der Waals surface area contributed by atoms with Gasteiger partial charge in [-0.25, -0.2) is 4.79 Å². The third-order valence-electron chi connectivity index (χ3n) is 4.01. The molecule has 0 aliphatic carbocycles. The summed E-state index contributed by atoms with van der Waals surface area (Å²) in [6.07, 6.45) is 1.35. The summed E-state index contributed by atoms with van der Waals surface area (Å²) in [5.41, 5.74) is 1.77. The van der Waals surface area contributed by atoms with Gasteiger partial charge in [0.1, 0.15) is 12.0 Å². The second-order valence-corrected chi connectivity index (χ2v) is 5.26. The van der Waals surface area contributed by atoms with E-state index in [1.165, 1.54) is 13.4 Å². The molecule has 2 aromatic rings. The van der Waals surface area contributed by atoms with Gasteiger partial charge < -0.3 is 14.2 Å². The summed E-state index contributed by atoms with van der Waals surface area (Å²) < 4.78 is 16.0. The maximum absolute atomic E-state index is 12.9. The van der Waals surface area contributed by atoms with Crippen molar-refractivity contribution in [2.24, 2.45) is 0 Å². The van der Waals surface area contributed by atoms with E-state index in [-0.39, 0.29) is 11.3 Å². The lowest BCUT2D eigenvalue weighted by molar-refractivity contribution is -0.173. The number of fused-ring (bicyclic) bond motifs is 2. The largest absolute Gasteiger partial charge is 0.497 e. The van der Waals surface area contributed by atoms with Gasteiger partial charge in [0.2, 0.25) is 0 Å². The Morgan fingerprint density at radius 3 is 2.57 bits per heavy atom. The molecule has 2 aliphatic heterocycles. The first-order chi connectivity index (χ1) is 11.2. The summed E-state index contributed by atoms with van der Waals surface area (Å²) in [6.45, 7) is 0. The number of hydrogen-bond acceptors (Lipinski definition) is 5. The monoisotopic (exact) mass is 308 g/mol. The number of hydrogen-bond donors (Lipinski definition) is 0. The minimum atomic E-state index is -1.72. The van der Waals surface area contributed by atoms with Crippen molar-refractivity contribution in [2.75, 3.05) is 7.11 Å². The highest BCUT2D eigenvalue weighted by molar-refractivity contribution is 6.27. The minimum absolute atomic E-state index is 0.278. The number of ether oxygens (including phenoxy) is 3. The number of methoxy groups -OCH3 is 1. The third kappa shape index (κ3) is 1.80. The van der Waals surface area contributed by atoms with Crippen LogP contribution < -0.4 is 4.74 Å². The molecule has 114 valence electrons. The van der Waals surface area contributed by atoms with E-state index in [0.29, 0.717) is 22.4 Å². The van der Waals surface area contributed by atoms with E-state index in [9.17, 15) is 9.59 Å². The van der Waals surface area contributed by atoms with E-state index in [0.717, 1.165) is 0 Å². The Bertz CT molecular complexity index is 853. The second-order valence-electron chi connectivity index (χ2n) is 5.26. The van der Waals surface area contributed by atoms with Gasteiger partial charge in [0.15, 0.2) is 0 Å². The van der Waals surface area contributed by atoms with Crippen molar-refractivity contribution in [3.05, 3.63) is 71.5 Å². The fraction of sp³-hybridized carbons (Fsp3) is 0.111. The molecule has 4 rings (SSSR count). The van der Waals surface area contributed by atoms with Crippen molar-refractivity contribution in [3.63, 3.8) is 0 Å². The molecule has 0 fully saturated rings. The van der Waals surface area contributed by atoms with Gasteiger partial charge in [-0.15, -0.1) is 0 Å². The van der Waals surface area contributed by atoms with E-state index in [1.807, 2.05) is 18.2 Å². The predicted octanol–water partition coefficient (Wildman–Crippen LogP) is 2.66. The van der Waals surface area contributed by atoms with E-state index < -0.39 is 11.8 Å². The van der Waals surface area contributed by atoms with Crippen LogP contribution in [0.4, 0.5) is 0 Å². The van der Waals surface area contributed by atoms with Crippen LogP contribution in [0.2, 0.25) is 0 Å². The van der Waals surface area contributed by atoms with Gasteiger partial charge in [0.25, 0.3) is 5.78 Å². The summed E-state index contributed by atoms with van der Waals surface area (Å²) in [6, 6.07) is 14.0. The Balaban J connectivity index is 1.79. The van der Waals surface area contributed by atoms with Crippen LogP contribution >= 0.6 is 0 Å². The predicted molar refractivity (Wildman–Crippen MR) is 80.6 cm³/mol. The molecule has 2 aromatic carbocycles. The fourth-order valence-corrected chi connectivity index (χ4v) is 2.85. The van der Waals surface area contributed by atoms with E-state index in [1.54, 1.807) is 30.3 Å². The molecule has 5 heteroatoms. The van der Waals surface area contributed by atoms with Crippen LogP contribution in [-0.2, 0) is 20.1 Å². The highest BCUT2D eigenvalue weighted by atomic mass is 16.7. The van der Waals surface area contributed by atoms with Gasteiger partial charge in [-0.3, -0.25) is 4.79 Å². The molecule has 0 amide bonds. The molecule has 1 spiro atoms. The Hall–Kier alpha value is -3.08. The highest BCUT2D eigenvalue weighted by Gasteiger charge is 2.57. The molecule has 0 aromatic heterocycles. The van der Waals surface area contributed by atoms with Crippen molar-refractivity contribution >= 4 is 17.3 Å². The van der Waals surface area contributed by atoms with Crippen molar-refractivity contribution in [1.29, 1.82) is 0 Å². The highest BCUT2D eigenvalue weighted by Crippen LogP contribution is 2.46. The standard InChI is InChI=1S/C18H12O5/c1-21-12-7-8-15-13(9-12)17(20)23-18(15)16(19)14(10-22-18)11-5-3-2-4-6-11/h2-10H,1H3.